The van der Waals surface area contributed by atoms with Gasteiger partial charge in [0.25, 0.3) is 0 Å². The minimum absolute atomic E-state index is 0.187. The van der Waals surface area contributed by atoms with E-state index in [0.717, 1.165) is 6.42 Å². The summed E-state index contributed by atoms with van der Waals surface area (Å²) < 4.78 is 19.1. The Bertz CT molecular complexity index is 587. The SMILES string of the molecule is CCCc1nc(N)cc(-c2cccc(OC)c2F)n1. The molecule has 0 fully saturated rings. The van der Waals surface area contributed by atoms with Gasteiger partial charge in [-0.05, 0) is 18.6 Å². The first kappa shape index (κ1) is 13.3. The average Bonchev–Trinajstić information content (AvgIpc) is 2.38. The molecular weight excluding hydrogens is 245 g/mol. The van der Waals surface area contributed by atoms with Crippen LogP contribution in [0.1, 0.15) is 19.2 Å². The Morgan fingerprint density at radius 1 is 1.32 bits per heavy atom. The summed E-state index contributed by atoms with van der Waals surface area (Å²) in [4.78, 5) is 8.48. The molecule has 1 heterocycles. The van der Waals surface area contributed by atoms with Crippen molar-refractivity contribution in [3.63, 3.8) is 0 Å². The summed E-state index contributed by atoms with van der Waals surface area (Å²) in [6, 6.07) is 6.50. The maximum Gasteiger partial charge on any atom is 0.174 e. The van der Waals surface area contributed by atoms with Gasteiger partial charge in [0.2, 0.25) is 0 Å². The highest BCUT2D eigenvalue weighted by molar-refractivity contribution is 5.64. The molecule has 4 nitrogen and oxygen atoms in total. The molecule has 0 bridgehead atoms. The summed E-state index contributed by atoms with van der Waals surface area (Å²) in [5.74, 6) is 0.715. The minimum atomic E-state index is -0.439. The van der Waals surface area contributed by atoms with Crippen molar-refractivity contribution < 1.29 is 9.13 Å². The summed E-state index contributed by atoms with van der Waals surface area (Å²) in [5, 5.41) is 0. The van der Waals surface area contributed by atoms with Crippen LogP contribution in [0.3, 0.4) is 0 Å². The van der Waals surface area contributed by atoms with Gasteiger partial charge >= 0.3 is 0 Å². The van der Waals surface area contributed by atoms with Gasteiger partial charge in [-0.1, -0.05) is 13.0 Å². The van der Waals surface area contributed by atoms with Crippen molar-refractivity contribution in [3.05, 3.63) is 35.9 Å². The second kappa shape index (κ2) is 5.65. The molecule has 0 aliphatic carbocycles. The van der Waals surface area contributed by atoms with Gasteiger partial charge in [-0.25, -0.2) is 14.4 Å². The lowest BCUT2D eigenvalue weighted by Gasteiger charge is -2.08. The first-order valence-electron chi connectivity index (χ1n) is 6.12. The van der Waals surface area contributed by atoms with Crippen molar-refractivity contribution in [2.75, 3.05) is 12.8 Å². The first-order valence-corrected chi connectivity index (χ1v) is 6.12. The molecule has 19 heavy (non-hydrogen) atoms. The molecule has 0 unspecified atom stereocenters. The zero-order chi connectivity index (χ0) is 13.8. The molecule has 0 aliphatic heterocycles. The number of methoxy groups -OCH3 is 1. The summed E-state index contributed by atoms with van der Waals surface area (Å²) in [7, 11) is 1.43. The van der Waals surface area contributed by atoms with E-state index >= 15 is 0 Å². The lowest BCUT2D eigenvalue weighted by atomic mass is 10.1. The van der Waals surface area contributed by atoms with E-state index in [0.29, 0.717) is 29.3 Å². The van der Waals surface area contributed by atoms with E-state index in [2.05, 4.69) is 9.97 Å². The molecule has 1 aromatic heterocycles. The van der Waals surface area contributed by atoms with Crippen molar-refractivity contribution in [2.24, 2.45) is 0 Å². The highest BCUT2D eigenvalue weighted by Gasteiger charge is 2.13. The first-order chi connectivity index (χ1) is 9.15. The van der Waals surface area contributed by atoms with Gasteiger partial charge in [0, 0.05) is 18.1 Å². The van der Waals surface area contributed by atoms with Crippen LogP contribution in [0.15, 0.2) is 24.3 Å². The highest BCUT2D eigenvalue weighted by Crippen LogP contribution is 2.28. The van der Waals surface area contributed by atoms with Crippen molar-refractivity contribution in [2.45, 2.75) is 19.8 Å². The van der Waals surface area contributed by atoms with Gasteiger partial charge in [-0.2, -0.15) is 0 Å². The normalized spacial score (nSPS) is 10.5. The fourth-order valence-corrected chi connectivity index (χ4v) is 1.86. The van der Waals surface area contributed by atoms with Crippen LogP contribution in [0.5, 0.6) is 5.75 Å². The predicted molar refractivity (Wildman–Crippen MR) is 72.4 cm³/mol. The number of benzene rings is 1. The van der Waals surface area contributed by atoms with Crippen LogP contribution in [-0.4, -0.2) is 17.1 Å². The number of nitrogen functional groups attached to an aromatic ring is 1. The zero-order valence-electron chi connectivity index (χ0n) is 11.0. The topological polar surface area (TPSA) is 61.0 Å². The number of hydrogen-bond acceptors (Lipinski definition) is 4. The van der Waals surface area contributed by atoms with Crippen LogP contribution >= 0.6 is 0 Å². The molecule has 0 radical (unpaired) electrons. The van der Waals surface area contributed by atoms with Gasteiger partial charge < -0.3 is 10.5 Å². The zero-order valence-corrected chi connectivity index (χ0v) is 11.0. The third-order valence-corrected chi connectivity index (χ3v) is 2.73. The number of nitrogens with zero attached hydrogens (tertiary/aromatic N) is 2. The molecule has 2 rings (SSSR count). The quantitative estimate of drug-likeness (QED) is 0.919. The number of hydrogen-bond donors (Lipinski definition) is 1. The molecule has 0 saturated heterocycles. The third kappa shape index (κ3) is 2.81. The van der Waals surface area contributed by atoms with E-state index in [1.54, 1.807) is 24.3 Å². The van der Waals surface area contributed by atoms with Crippen molar-refractivity contribution in [1.82, 2.24) is 9.97 Å². The fraction of sp³-hybridized carbons (Fsp3) is 0.286. The van der Waals surface area contributed by atoms with Crippen molar-refractivity contribution >= 4 is 5.82 Å². The molecular formula is C14H16FN3O. The Hall–Kier alpha value is -2.17. The molecule has 0 saturated carbocycles. The van der Waals surface area contributed by atoms with Crippen molar-refractivity contribution in [3.8, 4) is 17.0 Å². The Balaban J connectivity index is 2.52. The lowest BCUT2D eigenvalue weighted by molar-refractivity contribution is 0.387. The second-order valence-electron chi connectivity index (χ2n) is 4.17. The monoisotopic (exact) mass is 261 g/mol. The van der Waals surface area contributed by atoms with Crippen LogP contribution < -0.4 is 10.5 Å². The smallest absolute Gasteiger partial charge is 0.174 e. The number of nitrogens with two attached hydrogens (primary N) is 1. The van der Waals surface area contributed by atoms with Gasteiger partial charge in [-0.15, -0.1) is 0 Å². The maximum atomic E-state index is 14.2. The Morgan fingerprint density at radius 3 is 2.79 bits per heavy atom. The Labute approximate surface area is 111 Å². The molecule has 0 amide bonds. The number of rotatable bonds is 4. The molecule has 0 atom stereocenters. The number of halogens is 1. The largest absolute Gasteiger partial charge is 0.494 e. The summed E-state index contributed by atoms with van der Waals surface area (Å²) in [6.45, 7) is 2.03. The van der Waals surface area contributed by atoms with Crippen LogP contribution in [0.2, 0.25) is 0 Å². The molecule has 1 aromatic carbocycles. The third-order valence-electron chi connectivity index (χ3n) is 2.73. The molecule has 2 N–H and O–H groups in total. The predicted octanol–water partition coefficient (Wildman–Crippen LogP) is 2.83. The molecule has 2 aromatic rings. The fourth-order valence-electron chi connectivity index (χ4n) is 1.86. The molecule has 100 valence electrons. The standard InChI is InChI=1S/C14H16FN3O/c1-3-5-13-17-10(8-12(16)18-13)9-6-4-7-11(19-2)14(9)15/h4,6-8H,3,5H2,1-2H3,(H2,16,17,18). The molecule has 0 spiro atoms. The average molecular weight is 261 g/mol. The van der Waals surface area contributed by atoms with E-state index in [9.17, 15) is 4.39 Å². The molecule has 0 aliphatic rings. The van der Waals surface area contributed by atoms with Crippen LogP contribution in [0.4, 0.5) is 10.2 Å². The van der Waals surface area contributed by atoms with Gasteiger partial charge in [0.15, 0.2) is 11.6 Å². The van der Waals surface area contributed by atoms with E-state index in [4.69, 9.17) is 10.5 Å². The van der Waals surface area contributed by atoms with E-state index in [1.807, 2.05) is 6.92 Å². The number of ether oxygens (including phenoxy) is 1. The summed E-state index contributed by atoms with van der Waals surface area (Å²) >= 11 is 0. The molecule has 5 heteroatoms. The Kier molecular flexibility index (Phi) is 3.94. The van der Waals surface area contributed by atoms with Crippen molar-refractivity contribution in [1.29, 1.82) is 0 Å². The van der Waals surface area contributed by atoms with Crippen LogP contribution in [0, 0.1) is 5.82 Å². The number of aryl methyl sites for hydroxylation is 1. The lowest BCUT2D eigenvalue weighted by Crippen LogP contribution is -2.02. The van der Waals surface area contributed by atoms with E-state index in [1.165, 1.54) is 7.11 Å². The van der Waals surface area contributed by atoms with E-state index in [-0.39, 0.29) is 5.75 Å². The summed E-state index contributed by atoms with van der Waals surface area (Å²) in [6.07, 6.45) is 1.62. The van der Waals surface area contributed by atoms with Crippen LogP contribution in [0.25, 0.3) is 11.3 Å². The van der Waals surface area contributed by atoms with Crippen LogP contribution in [-0.2, 0) is 6.42 Å². The van der Waals surface area contributed by atoms with E-state index < -0.39 is 5.82 Å². The number of aromatic nitrogens is 2. The second-order valence-corrected chi connectivity index (χ2v) is 4.17. The van der Waals surface area contributed by atoms with Gasteiger partial charge in [0.1, 0.15) is 11.6 Å². The highest BCUT2D eigenvalue weighted by atomic mass is 19.1. The maximum absolute atomic E-state index is 14.2. The van der Waals surface area contributed by atoms with Gasteiger partial charge in [0.05, 0.1) is 12.8 Å². The minimum Gasteiger partial charge on any atom is -0.494 e. The number of anilines is 1. The van der Waals surface area contributed by atoms with Gasteiger partial charge in [-0.3, -0.25) is 0 Å². The Morgan fingerprint density at radius 2 is 2.11 bits per heavy atom. The summed E-state index contributed by atoms with van der Waals surface area (Å²) in [5.41, 5.74) is 6.59.